The molecule has 2 fully saturated rings. The lowest BCUT2D eigenvalue weighted by Gasteiger charge is -2.41. The molecule has 2 rings (SSSR count). The number of quaternary nitrogens is 2. The van der Waals surface area contributed by atoms with Gasteiger partial charge in [-0.3, -0.25) is 0 Å². The van der Waals surface area contributed by atoms with Gasteiger partial charge < -0.3 is 8.97 Å². The van der Waals surface area contributed by atoms with Crippen molar-refractivity contribution < 1.29 is 8.97 Å². The van der Waals surface area contributed by atoms with Crippen molar-refractivity contribution in [3.8, 4) is 0 Å². The Labute approximate surface area is 199 Å². The van der Waals surface area contributed by atoms with Crippen molar-refractivity contribution in [1.29, 1.82) is 0 Å². The van der Waals surface area contributed by atoms with Crippen molar-refractivity contribution in [3.63, 3.8) is 0 Å². The topological polar surface area (TPSA) is 0 Å². The molecule has 0 atom stereocenters. The molecular weight excluding hydrogens is 488 g/mol. The van der Waals surface area contributed by atoms with Crippen LogP contribution in [0.5, 0.6) is 0 Å². The number of unbranched alkanes of at least 4 members (excludes halogenated alkanes) is 4. The fraction of sp³-hybridized carbons (Fsp3) is 1.00. The molecule has 0 spiro atoms. The molecule has 0 bridgehead atoms. The SMILES string of the molecule is C[N+]1(CCCCCBr)CCC(CCCC2CC[N+](C)(CCCCCBr)CC2)CC1. The Morgan fingerprint density at radius 1 is 0.552 bits per heavy atom. The Morgan fingerprint density at radius 3 is 1.28 bits per heavy atom. The largest absolute Gasteiger partial charge is 0.326 e. The van der Waals surface area contributed by atoms with Crippen LogP contribution in [0, 0.1) is 11.8 Å². The Hall–Kier alpha value is 0.880. The number of hydrogen-bond donors (Lipinski definition) is 0. The van der Waals surface area contributed by atoms with E-state index in [9.17, 15) is 0 Å². The Bertz CT molecular complexity index is 375. The Kier molecular flexibility index (Phi) is 12.7. The van der Waals surface area contributed by atoms with Crippen LogP contribution in [0.15, 0.2) is 0 Å². The molecule has 0 aromatic heterocycles. The first-order chi connectivity index (χ1) is 14.0. The van der Waals surface area contributed by atoms with Gasteiger partial charge >= 0.3 is 0 Å². The van der Waals surface area contributed by atoms with E-state index in [4.69, 9.17) is 0 Å². The zero-order valence-electron chi connectivity index (χ0n) is 19.7. The summed E-state index contributed by atoms with van der Waals surface area (Å²) in [5.74, 6) is 2.06. The fourth-order valence-corrected chi connectivity index (χ4v) is 6.53. The molecule has 0 N–H and O–H groups in total. The predicted octanol–water partition coefficient (Wildman–Crippen LogP) is 7.00. The molecule has 0 aromatic carbocycles. The highest BCUT2D eigenvalue weighted by atomic mass is 79.9. The van der Waals surface area contributed by atoms with Gasteiger partial charge in [0, 0.05) is 10.7 Å². The molecule has 0 aromatic rings. The minimum atomic E-state index is 1.03. The van der Waals surface area contributed by atoms with E-state index in [1.165, 1.54) is 142 Å². The van der Waals surface area contributed by atoms with Crippen molar-refractivity contribution in [2.24, 2.45) is 11.8 Å². The predicted molar refractivity (Wildman–Crippen MR) is 136 cm³/mol. The standard InChI is InChI=1S/C25H50Br2N2/c1-28(18-7-3-5-16-26)20-12-24(13-21-28)10-9-11-25-14-22-29(2,23-15-25)19-8-4-6-17-27/h24-25H,3-23H2,1-2H3/q+2. The number of halogens is 2. The van der Waals surface area contributed by atoms with Crippen molar-refractivity contribution >= 4 is 31.9 Å². The van der Waals surface area contributed by atoms with E-state index < -0.39 is 0 Å². The second-order valence-corrected chi connectivity index (χ2v) is 12.5. The second-order valence-electron chi connectivity index (χ2n) is 10.9. The van der Waals surface area contributed by atoms with Crippen molar-refractivity contribution in [2.45, 2.75) is 83.5 Å². The minimum Gasteiger partial charge on any atom is -0.326 e. The molecule has 2 aliphatic heterocycles. The summed E-state index contributed by atoms with van der Waals surface area (Å²) in [4.78, 5) is 0. The summed E-state index contributed by atoms with van der Waals surface area (Å²) < 4.78 is 2.71. The van der Waals surface area contributed by atoms with Crippen LogP contribution in [0.3, 0.4) is 0 Å². The van der Waals surface area contributed by atoms with Gasteiger partial charge in [-0.2, -0.15) is 0 Å². The average molecular weight is 538 g/mol. The molecule has 172 valence electrons. The first-order valence-electron chi connectivity index (χ1n) is 12.8. The number of nitrogens with zero attached hydrogens (tertiary/aromatic N) is 2. The molecule has 0 saturated carbocycles. The van der Waals surface area contributed by atoms with Gasteiger partial charge in [-0.1, -0.05) is 51.1 Å². The van der Waals surface area contributed by atoms with Crippen LogP contribution < -0.4 is 0 Å². The number of piperidine rings is 2. The van der Waals surface area contributed by atoms with Crippen molar-refractivity contribution in [3.05, 3.63) is 0 Å². The van der Waals surface area contributed by atoms with E-state index in [2.05, 4.69) is 46.0 Å². The fourth-order valence-electron chi connectivity index (χ4n) is 5.74. The van der Waals surface area contributed by atoms with Gasteiger partial charge in [0.1, 0.15) is 0 Å². The zero-order chi connectivity index (χ0) is 21.0. The number of hydrogen-bond acceptors (Lipinski definition) is 0. The third-order valence-corrected chi connectivity index (χ3v) is 9.32. The van der Waals surface area contributed by atoms with Gasteiger partial charge in [0.15, 0.2) is 0 Å². The van der Waals surface area contributed by atoms with Crippen LogP contribution in [-0.2, 0) is 0 Å². The van der Waals surface area contributed by atoms with Crippen LogP contribution in [0.25, 0.3) is 0 Å². The quantitative estimate of drug-likeness (QED) is 0.127. The summed E-state index contributed by atoms with van der Waals surface area (Å²) in [6, 6.07) is 0. The average Bonchev–Trinajstić information content (AvgIpc) is 2.72. The maximum absolute atomic E-state index is 3.56. The van der Waals surface area contributed by atoms with Crippen LogP contribution >= 0.6 is 31.9 Å². The summed E-state index contributed by atoms with van der Waals surface area (Å²) in [5, 5.41) is 2.35. The smallest absolute Gasteiger partial charge is 0.0787 e. The molecule has 4 heteroatoms. The lowest BCUT2D eigenvalue weighted by molar-refractivity contribution is -0.915. The highest BCUT2D eigenvalue weighted by Gasteiger charge is 2.31. The van der Waals surface area contributed by atoms with E-state index in [1.54, 1.807) is 0 Å². The molecule has 2 aliphatic rings. The van der Waals surface area contributed by atoms with Gasteiger partial charge in [-0.15, -0.1) is 0 Å². The third-order valence-electron chi connectivity index (χ3n) is 8.20. The monoisotopic (exact) mass is 536 g/mol. The van der Waals surface area contributed by atoms with Crippen LogP contribution in [0.1, 0.15) is 83.5 Å². The Balaban J connectivity index is 1.53. The molecule has 2 nitrogen and oxygen atoms in total. The lowest BCUT2D eigenvalue weighted by Crippen LogP contribution is -2.50. The second kappa shape index (κ2) is 14.1. The molecule has 0 amide bonds. The highest BCUT2D eigenvalue weighted by molar-refractivity contribution is 9.09. The molecule has 0 radical (unpaired) electrons. The number of rotatable bonds is 14. The van der Waals surface area contributed by atoms with Crippen LogP contribution in [0.2, 0.25) is 0 Å². The molecule has 0 unspecified atom stereocenters. The molecule has 0 aliphatic carbocycles. The van der Waals surface area contributed by atoms with Crippen LogP contribution in [0.4, 0.5) is 0 Å². The zero-order valence-corrected chi connectivity index (χ0v) is 22.8. The van der Waals surface area contributed by atoms with Gasteiger partial charge in [0.05, 0.1) is 53.4 Å². The summed E-state index contributed by atoms with van der Waals surface area (Å²) in [6.45, 7) is 8.57. The van der Waals surface area contributed by atoms with E-state index in [0.29, 0.717) is 0 Å². The maximum atomic E-state index is 3.56. The lowest BCUT2D eigenvalue weighted by atomic mass is 9.86. The van der Waals surface area contributed by atoms with Gasteiger partial charge in [-0.25, -0.2) is 0 Å². The van der Waals surface area contributed by atoms with Gasteiger partial charge in [0.2, 0.25) is 0 Å². The van der Waals surface area contributed by atoms with Crippen molar-refractivity contribution in [2.75, 3.05) is 64.0 Å². The highest BCUT2D eigenvalue weighted by Crippen LogP contribution is 2.30. The van der Waals surface area contributed by atoms with E-state index in [0.717, 1.165) is 11.8 Å². The number of likely N-dealkylation sites (tertiary alicyclic amines) is 2. The molecular formula is C25H50Br2N2+2. The molecule has 2 heterocycles. The molecule has 2 saturated heterocycles. The molecule has 29 heavy (non-hydrogen) atoms. The van der Waals surface area contributed by atoms with Gasteiger partial charge in [-0.05, 0) is 76.0 Å². The normalized spacial score (nSPS) is 33.1. The van der Waals surface area contributed by atoms with E-state index in [-0.39, 0.29) is 0 Å². The summed E-state index contributed by atoms with van der Waals surface area (Å²) in [5.41, 5.74) is 0. The summed E-state index contributed by atoms with van der Waals surface area (Å²) >= 11 is 7.13. The minimum absolute atomic E-state index is 1.03. The summed E-state index contributed by atoms with van der Waals surface area (Å²) in [6.07, 6.45) is 18.8. The number of alkyl halides is 2. The third kappa shape index (κ3) is 10.4. The Morgan fingerprint density at radius 2 is 0.931 bits per heavy atom. The van der Waals surface area contributed by atoms with Crippen molar-refractivity contribution in [1.82, 2.24) is 0 Å². The van der Waals surface area contributed by atoms with Crippen LogP contribution in [-0.4, -0.2) is 73.0 Å². The van der Waals surface area contributed by atoms with E-state index >= 15 is 0 Å². The maximum Gasteiger partial charge on any atom is 0.0787 e. The van der Waals surface area contributed by atoms with Gasteiger partial charge in [0.25, 0.3) is 0 Å². The first-order valence-corrected chi connectivity index (χ1v) is 15.0. The van der Waals surface area contributed by atoms with E-state index in [1.807, 2.05) is 0 Å². The summed E-state index contributed by atoms with van der Waals surface area (Å²) in [7, 11) is 5.03. The first kappa shape index (κ1) is 26.1.